The van der Waals surface area contributed by atoms with Gasteiger partial charge in [-0.2, -0.15) is 0 Å². The van der Waals surface area contributed by atoms with Crippen molar-refractivity contribution in [3.05, 3.63) is 59.3 Å². The van der Waals surface area contributed by atoms with Gasteiger partial charge in [0.1, 0.15) is 5.78 Å². The molecule has 0 aliphatic heterocycles. The number of fused-ring (bicyclic) bond motifs is 5. The number of hydrogen-bond donors (Lipinski definition) is 1. The van der Waals surface area contributed by atoms with E-state index in [0.29, 0.717) is 29.2 Å². The van der Waals surface area contributed by atoms with Crippen molar-refractivity contribution < 1.29 is 9.59 Å². The molecule has 3 heteroatoms. The molecule has 29 heavy (non-hydrogen) atoms. The van der Waals surface area contributed by atoms with Crippen LogP contribution in [-0.2, 0) is 16.0 Å². The highest BCUT2D eigenvalue weighted by Gasteiger charge is 2.60. The molecule has 0 bridgehead atoms. The molecular weight excluding hydrogens is 358 g/mol. The molecule has 1 aromatic carbocycles. The van der Waals surface area contributed by atoms with Gasteiger partial charge in [-0.05, 0) is 73.0 Å². The van der Waals surface area contributed by atoms with Crippen LogP contribution in [0.4, 0.5) is 0 Å². The highest BCUT2D eigenvalue weighted by Crippen LogP contribution is 2.65. The molecule has 4 aliphatic rings. The standard InChI is InChI=1S/C26H31NO2/c1-25-12-10-20-18(19(25)8-9-22(25)29)15-17(14-16-6-4-3-5-7-16)23-24(27)21(28)11-13-26(20,23)2/h3-7,11,13,17-20H,8-10,12,14-15,27H2,1-2H3/t17-,18+,19-,20-,25-,26+/m0/s1. The first-order valence-electron chi connectivity index (χ1n) is 11.2. The quantitative estimate of drug-likeness (QED) is 0.803. The van der Waals surface area contributed by atoms with Crippen LogP contribution in [0.15, 0.2) is 53.8 Å². The summed E-state index contributed by atoms with van der Waals surface area (Å²) in [5.41, 5.74) is 9.09. The first kappa shape index (κ1) is 18.8. The lowest BCUT2D eigenvalue weighted by Gasteiger charge is -2.58. The van der Waals surface area contributed by atoms with Gasteiger partial charge in [0.25, 0.3) is 0 Å². The molecule has 0 aromatic heterocycles. The summed E-state index contributed by atoms with van der Waals surface area (Å²) in [5, 5.41) is 0. The zero-order chi connectivity index (χ0) is 20.4. The van der Waals surface area contributed by atoms with E-state index >= 15 is 0 Å². The Bertz CT molecular complexity index is 929. The molecule has 5 rings (SSSR count). The third kappa shape index (κ3) is 2.62. The van der Waals surface area contributed by atoms with Crippen molar-refractivity contribution in [2.24, 2.45) is 40.2 Å². The number of ketones is 2. The lowest BCUT2D eigenvalue weighted by Crippen LogP contribution is -2.53. The second-order valence-corrected chi connectivity index (χ2v) is 10.2. The lowest BCUT2D eigenvalue weighted by molar-refractivity contribution is -0.132. The molecule has 6 atom stereocenters. The number of nitrogens with two attached hydrogens (primary N) is 1. The van der Waals surface area contributed by atoms with Crippen molar-refractivity contribution in [2.75, 3.05) is 0 Å². The van der Waals surface area contributed by atoms with Crippen molar-refractivity contribution in [3.8, 4) is 0 Å². The van der Waals surface area contributed by atoms with Crippen molar-refractivity contribution in [2.45, 2.75) is 52.4 Å². The van der Waals surface area contributed by atoms with Crippen LogP contribution in [0.1, 0.15) is 51.5 Å². The van der Waals surface area contributed by atoms with E-state index in [2.05, 4.69) is 44.2 Å². The average Bonchev–Trinajstić information content (AvgIpc) is 3.01. The van der Waals surface area contributed by atoms with Gasteiger partial charge in [-0.25, -0.2) is 0 Å². The fourth-order valence-electron chi connectivity index (χ4n) is 7.50. The van der Waals surface area contributed by atoms with Crippen molar-refractivity contribution >= 4 is 11.6 Å². The van der Waals surface area contributed by atoms with E-state index in [1.165, 1.54) is 11.1 Å². The Morgan fingerprint density at radius 1 is 1.07 bits per heavy atom. The highest BCUT2D eigenvalue weighted by atomic mass is 16.1. The summed E-state index contributed by atoms with van der Waals surface area (Å²) in [6.45, 7) is 4.52. The van der Waals surface area contributed by atoms with Gasteiger partial charge in [0.2, 0.25) is 5.78 Å². The molecule has 3 saturated carbocycles. The van der Waals surface area contributed by atoms with E-state index in [0.717, 1.165) is 38.5 Å². The maximum absolute atomic E-state index is 12.7. The summed E-state index contributed by atoms with van der Waals surface area (Å²) in [6.07, 6.45) is 9.60. The second kappa shape index (κ2) is 6.42. The molecule has 4 aliphatic carbocycles. The number of hydrogen-bond acceptors (Lipinski definition) is 3. The minimum Gasteiger partial charge on any atom is -0.396 e. The Morgan fingerprint density at radius 2 is 1.83 bits per heavy atom. The molecule has 2 N–H and O–H groups in total. The normalized spacial score (nSPS) is 41.2. The summed E-state index contributed by atoms with van der Waals surface area (Å²) in [5.74, 6) is 2.16. The van der Waals surface area contributed by atoms with Crippen LogP contribution in [0.25, 0.3) is 0 Å². The first-order valence-corrected chi connectivity index (χ1v) is 11.2. The number of carbonyl (C=O) groups excluding carboxylic acids is 2. The van der Waals surface area contributed by atoms with Gasteiger partial charge < -0.3 is 5.73 Å². The smallest absolute Gasteiger partial charge is 0.201 e. The predicted octanol–water partition coefficient (Wildman–Crippen LogP) is 4.62. The van der Waals surface area contributed by atoms with Gasteiger partial charge in [0, 0.05) is 17.3 Å². The van der Waals surface area contributed by atoms with Crippen LogP contribution in [0.3, 0.4) is 0 Å². The SMILES string of the molecule is C[C@]12C=CC(=O)C(N)=C1[C@@H](Cc1ccccc1)C[C@H]1[C@@H]2CC[C@]2(C)C(=O)CC[C@@H]12. The Morgan fingerprint density at radius 3 is 2.59 bits per heavy atom. The second-order valence-electron chi connectivity index (χ2n) is 10.2. The molecule has 0 saturated heterocycles. The largest absolute Gasteiger partial charge is 0.396 e. The predicted molar refractivity (Wildman–Crippen MR) is 114 cm³/mol. The third-order valence-corrected chi connectivity index (χ3v) is 8.92. The van der Waals surface area contributed by atoms with E-state index in [1.54, 1.807) is 6.08 Å². The summed E-state index contributed by atoms with van der Waals surface area (Å²) >= 11 is 0. The van der Waals surface area contributed by atoms with Gasteiger partial charge in [-0.3, -0.25) is 9.59 Å². The number of carbonyl (C=O) groups is 2. The van der Waals surface area contributed by atoms with Crippen molar-refractivity contribution in [1.82, 2.24) is 0 Å². The zero-order valence-corrected chi connectivity index (χ0v) is 17.5. The molecule has 0 spiro atoms. The Kier molecular flexibility index (Phi) is 4.17. The third-order valence-electron chi connectivity index (χ3n) is 8.92. The summed E-state index contributed by atoms with van der Waals surface area (Å²) in [4.78, 5) is 25.3. The van der Waals surface area contributed by atoms with Crippen molar-refractivity contribution in [3.63, 3.8) is 0 Å². The maximum atomic E-state index is 12.7. The van der Waals surface area contributed by atoms with Crippen molar-refractivity contribution in [1.29, 1.82) is 0 Å². The van der Waals surface area contributed by atoms with E-state index < -0.39 is 0 Å². The molecule has 0 heterocycles. The molecule has 152 valence electrons. The fraction of sp³-hybridized carbons (Fsp3) is 0.538. The Hall–Kier alpha value is -2.16. The number of benzene rings is 1. The van der Waals surface area contributed by atoms with Gasteiger partial charge in [-0.15, -0.1) is 0 Å². The molecule has 0 radical (unpaired) electrons. The van der Waals surface area contributed by atoms with Crippen LogP contribution < -0.4 is 5.73 Å². The summed E-state index contributed by atoms with van der Waals surface area (Å²) in [6, 6.07) is 10.5. The van der Waals surface area contributed by atoms with Crippen LogP contribution in [0.5, 0.6) is 0 Å². The monoisotopic (exact) mass is 389 g/mol. The van der Waals surface area contributed by atoms with E-state index in [-0.39, 0.29) is 22.5 Å². The van der Waals surface area contributed by atoms with Gasteiger partial charge >= 0.3 is 0 Å². The molecule has 3 nitrogen and oxygen atoms in total. The molecule has 0 unspecified atom stereocenters. The maximum Gasteiger partial charge on any atom is 0.201 e. The lowest BCUT2D eigenvalue weighted by atomic mass is 9.46. The van der Waals surface area contributed by atoms with Gasteiger partial charge in [-0.1, -0.05) is 50.3 Å². The summed E-state index contributed by atoms with van der Waals surface area (Å²) < 4.78 is 0. The Labute approximate surface area is 173 Å². The minimum absolute atomic E-state index is 0.0364. The van der Waals surface area contributed by atoms with E-state index in [1.807, 2.05) is 6.07 Å². The fourth-order valence-corrected chi connectivity index (χ4v) is 7.50. The average molecular weight is 390 g/mol. The number of Topliss-reactive ketones (excluding diaryl/α,β-unsaturated/α-hetero) is 1. The molecule has 1 aromatic rings. The first-order chi connectivity index (χ1) is 13.8. The molecular formula is C26H31NO2. The van der Waals surface area contributed by atoms with Gasteiger partial charge in [0.15, 0.2) is 0 Å². The zero-order valence-electron chi connectivity index (χ0n) is 17.5. The topological polar surface area (TPSA) is 60.2 Å². The number of allylic oxidation sites excluding steroid dienone is 3. The van der Waals surface area contributed by atoms with Crippen LogP contribution in [0, 0.1) is 34.5 Å². The van der Waals surface area contributed by atoms with Crippen LogP contribution in [0.2, 0.25) is 0 Å². The van der Waals surface area contributed by atoms with Crippen LogP contribution in [-0.4, -0.2) is 11.6 Å². The van der Waals surface area contributed by atoms with Crippen LogP contribution >= 0.6 is 0 Å². The number of rotatable bonds is 2. The van der Waals surface area contributed by atoms with E-state index in [4.69, 9.17) is 5.73 Å². The minimum atomic E-state index is -0.173. The Balaban J connectivity index is 1.59. The highest BCUT2D eigenvalue weighted by molar-refractivity contribution is 6.05. The summed E-state index contributed by atoms with van der Waals surface area (Å²) in [7, 11) is 0. The molecule has 0 amide bonds. The molecule has 3 fully saturated rings. The van der Waals surface area contributed by atoms with Gasteiger partial charge in [0.05, 0.1) is 5.70 Å². The van der Waals surface area contributed by atoms with E-state index in [9.17, 15) is 9.59 Å².